The number of alkyl halides is 2. The van der Waals surface area contributed by atoms with Crippen molar-refractivity contribution in [2.75, 3.05) is 25.0 Å². The Kier molecular flexibility index (Phi) is 7.52. The average Bonchev–Trinajstić information content (AvgIpc) is 2.51. The number of benzene rings is 1. The van der Waals surface area contributed by atoms with Crippen molar-refractivity contribution < 1.29 is 22.0 Å². The molecule has 0 aromatic heterocycles. The number of halogens is 3. The summed E-state index contributed by atoms with van der Waals surface area (Å²) in [5.41, 5.74) is 6.34. The molecule has 1 unspecified atom stereocenters. The van der Waals surface area contributed by atoms with Crippen LogP contribution in [0.2, 0.25) is 0 Å². The number of hydrogen-bond donors (Lipinski definition) is 2. The maximum Gasteiger partial charge on any atom is 0.341 e. The van der Waals surface area contributed by atoms with E-state index in [2.05, 4.69) is 19.2 Å². The summed E-state index contributed by atoms with van der Waals surface area (Å²) in [4.78, 5) is 13.7. The molecule has 1 atom stereocenters. The minimum absolute atomic E-state index is 0. The van der Waals surface area contributed by atoms with E-state index in [4.69, 9.17) is 5.73 Å². The van der Waals surface area contributed by atoms with Gasteiger partial charge in [0.25, 0.3) is 0 Å². The van der Waals surface area contributed by atoms with E-state index in [1.807, 2.05) is 4.90 Å². The van der Waals surface area contributed by atoms with Gasteiger partial charge in [-0.25, -0.2) is 8.42 Å². The summed E-state index contributed by atoms with van der Waals surface area (Å²) < 4.78 is 47.7. The molecule has 1 amide bonds. The Hall–Kier alpha value is -1.29. The molecule has 10 heteroatoms. The Morgan fingerprint density at radius 1 is 1.35 bits per heavy atom. The third-order valence-corrected chi connectivity index (χ3v) is 5.86. The van der Waals surface area contributed by atoms with E-state index >= 15 is 0 Å². The molecule has 3 N–H and O–H groups in total. The lowest BCUT2D eigenvalue weighted by molar-refractivity contribution is -0.118. The zero-order valence-corrected chi connectivity index (χ0v) is 16.2. The molecule has 26 heavy (non-hydrogen) atoms. The second kappa shape index (κ2) is 8.60. The summed E-state index contributed by atoms with van der Waals surface area (Å²) in [5.74, 6) is -3.72. The van der Waals surface area contributed by atoms with Gasteiger partial charge in [0.05, 0.1) is 11.4 Å². The van der Waals surface area contributed by atoms with E-state index in [0.29, 0.717) is 12.2 Å². The Bertz CT molecular complexity index is 727. The highest BCUT2D eigenvalue weighted by atomic mass is 35.5. The van der Waals surface area contributed by atoms with Gasteiger partial charge in [-0.1, -0.05) is 13.8 Å². The fourth-order valence-corrected chi connectivity index (χ4v) is 3.58. The number of likely N-dealkylation sites (tertiary alicyclic amines) is 1. The van der Waals surface area contributed by atoms with E-state index in [-0.39, 0.29) is 36.3 Å². The van der Waals surface area contributed by atoms with Gasteiger partial charge in [-0.3, -0.25) is 9.69 Å². The third-order valence-electron chi connectivity index (χ3n) is 4.46. The summed E-state index contributed by atoms with van der Waals surface area (Å²) in [6, 6.07) is 4.79. The van der Waals surface area contributed by atoms with Crippen molar-refractivity contribution in [3.05, 3.63) is 24.3 Å². The minimum atomic E-state index is -4.63. The summed E-state index contributed by atoms with van der Waals surface area (Å²) >= 11 is 0. The highest BCUT2D eigenvalue weighted by molar-refractivity contribution is 7.91. The topological polar surface area (TPSA) is 92.5 Å². The molecule has 0 saturated carbocycles. The van der Waals surface area contributed by atoms with Crippen molar-refractivity contribution in [3.8, 4) is 0 Å². The van der Waals surface area contributed by atoms with Crippen molar-refractivity contribution >= 4 is 33.8 Å². The molecule has 1 fully saturated rings. The van der Waals surface area contributed by atoms with Crippen LogP contribution in [0, 0.1) is 5.41 Å². The van der Waals surface area contributed by atoms with Crippen LogP contribution in [0.5, 0.6) is 0 Å². The average molecular weight is 412 g/mol. The van der Waals surface area contributed by atoms with Gasteiger partial charge in [0.15, 0.2) is 0 Å². The zero-order chi connectivity index (χ0) is 18.8. The number of sulfone groups is 1. The van der Waals surface area contributed by atoms with Gasteiger partial charge >= 0.3 is 5.76 Å². The summed E-state index contributed by atoms with van der Waals surface area (Å²) in [6.45, 7) is 5.73. The number of nitrogens with two attached hydrogens (primary N) is 1. The maximum atomic E-state index is 12.5. The van der Waals surface area contributed by atoms with Crippen molar-refractivity contribution in [2.45, 2.75) is 37.0 Å². The number of hydrogen-bond acceptors (Lipinski definition) is 5. The number of nitrogens with one attached hydrogen (secondary N) is 1. The van der Waals surface area contributed by atoms with Gasteiger partial charge in [0.1, 0.15) is 0 Å². The standard InChI is InChI=1S/C16H23F2N3O3S.ClH/c1-16(2)10-21(8-7-13(16)19)9-14(22)20-11-3-5-12(6-4-11)25(23,24)15(17)18;/h3-6,13,15H,7-10,19H2,1-2H3,(H,20,22);1H. The van der Waals surface area contributed by atoms with E-state index in [1.54, 1.807) is 0 Å². The monoisotopic (exact) mass is 411 g/mol. The number of anilines is 1. The molecule has 6 nitrogen and oxygen atoms in total. The second-order valence-corrected chi connectivity index (χ2v) is 8.89. The molecule has 1 aromatic carbocycles. The Morgan fingerprint density at radius 2 is 1.92 bits per heavy atom. The van der Waals surface area contributed by atoms with Gasteiger partial charge in [0, 0.05) is 24.8 Å². The van der Waals surface area contributed by atoms with E-state index in [0.717, 1.165) is 25.1 Å². The van der Waals surface area contributed by atoms with E-state index in [1.165, 1.54) is 12.1 Å². The van der Waals surface area contributed by atoms with Crippen molar-refractivity contribution in [2.24, 2.45) is 11.1 Å². The Labute approximate surface area is 158 Å². The van der Waals surface area contributed by atoms with Crippen LogP contribution in [-0.2, 0) is 14.6 Å². The number of nitrogens with zero attached hydrogens (tertiary/aromatic N) is 1. The number of rotatable bonds is 5. The predicted octanol–water partition coefficient (Wildman–Crippen LogP) is 2.10. The number of amides is 1. The minimum Gasteiger partial charge on any atom is -0.327 e. The summed E-state index contributed by atoms with van der Waals surface area (Å²) in [7, 11) is -4.63. The largest absolute Gasteiger partial charge is 0.341 e. The zero-order valence-electron chi connectivity index (χ0n) is 14.6. The molecule has 0 bridgehead atoms. The van der Waals surface area contributed by atoms with E-state index in [9.17, 15) is 22.0 Å². The molecular weight excluding hydrogens is 388 g/mol. The van der Waals surface area contributed by atoms with Gasteiger partial charge < -0.3 is 11.1 Å². The lowest BCUT2D eigenvalue weighted by atomic mass is 9.80. The van der Waals surface area contributed by atoms with Gasteiger partial charge in [0.2, 0.25) is 15.7 Å². The van der Waals surface area contributed by atoms with Crippen molar-refractivity contribution in [3.63, 3.8) is 0 Å². The molecule has 2 rings (SSSR count). The third kappa shape index (κ3) is 5.35. The molecule has 1 heterocycles. The van der Waals surface area contributed by atoms with Crippen molar-refractivity contribution in [1.29, 1.82) is 0 Å². The van der Waals surface area contributed by atoms with Crippen LogP contribution in [0.15, 0.2) is 29.2 Å². The van der Waals surface area contributed by atoms with Crippen LogP contribution in [0.1, 0.15) is 20.3 Å². The molecule has 0 aliphatic carbocycles. The van der Waals surface area contributed by atoms with Crippen LogP contribution >= 0.6 is 12.4 Å². The van der Waals surface area contributed by atoms with Gasteiger partial charge in [-0.15, -0.1) is 12.4 Å². The first-order valence-corrected chi connectivity index (χ1v) is 9.47. The lowest BCUT2D eigenvalue weighted by Crippen LogP contribution is -2.53. The summed E-state index contributed by atoms with van der Waals surface area (Å²) in [5, 5.41) is 2.64. The normalized spacial score (nSPS) is 20.5. The maximum absolute atomic E-state index is 12.5. The van der Waals surface area contributed by atoms with Crippen LogP contribution in [0.25, 0.3) is 0 Å². The molecule has 0 radical (unpaired) electrons. The molecule has 1 saturated heterocycles. The molecule has 1 aromatic rings. The molecule has 1 aliphatic rings. The smallest absolute Gasteiger partial charge is 0.327 e. The first kappa shape index (κ1) is 22.8. The molecule has 148 valence electrons. The highest BCUT2D eigenvalue weighted by Crippen LogP contribution is 2.27. The molecular formula is C16H24ClF2N3O3S. The van der Waals surface area contributed by atoms with E-state index < -0.39 is 20.5 Å². The number of carbonyl (C=O) groups is 1. The Balaban J connectivity index is 0.00000338. The highest BCUT2D eigenvalue weighted by Gasteiger charge is 2.34. The predicted molar refractivity (Wildman–Crippen MR) is 98.3 cm³/mol. The molecule has 1 aliphatic heterocycles. The van der Waals surface area contributed by atoms with Crippen LogP contribution in [0.3, 0.4) is 0 Å². The Morgan fingerprint density at radius 3 is 2.42 bits per heavy atom. The fourth-order valence-electron chi connectivity index (χ4n) is 2.85. The lowest BCUT2D eigenvalue weighted by Gasteiger charge is -2.42. The number of piperidine rings is 1. The van der Waals surface area contributed by atoms with Crippen LogP contribution in [0.4, 0.5) is 14.5 Å². The summed E-state index contributed by atoms with van der Waals surface area (Å²) in [6.07, 6.45) is 0.806. The first-order valence-electron chi connectivity index (χ1n) is 7.92. The second-order valence-electron chi connectivity index (χ2n) is 6.97. The quantitative estimate of drug-likeness (QED) is 0.774. The van der Waals surface area contributed by atoms with Crippen molar-refractivity contribution in [1.82, 2.24) is 4.90 Å². The van der Waals surface area contributed by atoms with Gasteiger partial charge in [-0.05, 0) is 36.1 Å². The first-order chi connectivity index (χ1) is 11.5. The fraction of sp³-hybridized carbons (Fsp3) is 0.562. The SMILES string of the molecule is CC1(C)CN(CC(=O)Nc2ccc(S(=O)(=O)C(F)F)cc2)CCC1N.Cl. The van der Waals surface area contributed by atoms with Crippen LogP contribution in [-0.4, -0.2) is 50.7 Å². The number of carbonyl (C=O) groups excluding carboxylic acids is 1. The van der Waals surface area contributed by atoms with Gasteiger partial charge in [-0.2, -0.15) is 8.78 Å². The van der Waals surface area contributed by atoms with Crippen LogP contribution < -0.4 is 11.1 Å². The molecule has 0 spiro atoms.